The number of aromatic nitrogens is 1. The minimum atomic E-state index is -3.48. The first-order chi connectivity index (χ1) is 11.4. The van der Waals surface area contributed by atoms with Crippen molar-refractivity contribution in [3.8, 4) is 0 Å². The van der Waals surface area contributed by atoms with Crippen molar-refractivity contribution in [2.45, 2.75) is 6.54 Å². The van der Waals surface area contributed by atoms with E-state index in [1.165, 1.54) is 0 Å². The van der Waals surface area contributed by atoms with Crippen LogP contribution in [0.2, 0.25) is 0 Å². The van der Waals surface area contributed by atoms with E-state index >= 15 is 0 Å². The zero-order valence-electron chi connectivity index (χ0n) is 13.8. The maximum atomic E-state index is 12.1. The lowest BCUT2D eigenvalue weighted by atomic mass is 10.3. The number of hydrogen-bond acceptors (Lipinski definition) is 6. The lowest BCUT2D eigenvalue weighted by molar-refractivity contribution is -0.121. The van der Waals surface area contributed by atoms with Gasteiger partial charge >= 0.3 is 0 Å². The van der Waals surface area contributed by atoms with Crippen LogP contribution in [0.15, 0.2) is 24.5 Å². The Morgan fingerprint density at radius 3 is 2.62 bits per heavy atom. The number of sulfonamides is 1. The zero-order valence-corrected chi connectivity index (χ0v) is 14.7. The van der Waals surface area contributed by atoms with E-state index in [9.17, 15) is 13.2 Å². The fourth-order valence-corrected chi connectivity index (χ4v) is 3.11. The van der Waals surface area contributed by atoms with Gasteiger partial charge in [0.2, 0.25) is 15.9 Å². The highest BCUT2D eigenvalue weighted by Crippen LogP contribution is 2.07. The Kier molecular flexibility index (Phi) is 7.10. The third kappa shape index (κ3) is 6.52. The van der Waals surface area contributed by atoms with Gasteiger partial charge in [-0.25, -0.2) is 8.42 Å². The molecule has 0 bridgehead atoms. The average Bonchev–Trinajstić information content (AvgIpc) is 2.55. The highest BCUT2D eigenvalue weighted by molar-refractivity contribution is 7.88. The molecule has 0 aromatic carbocycles. The maximum absolute atomic E-state index is 12.1. The summed E-state index contributed by atoms with van der Waals surface area (Å²) in [5.41, 5.74) is 0.788. The van der Waals surface area contributed by atoms with Crippen molar-refractivity contribution in [1.29, 1.82) is 0 Å². The van der Waals surface area contributed by atoms with Crippen LogP contribution in [-0.2, 0) is 26.1 Å². The van der Waals surface area contributed by atoms with Crippen molar-refractivity contribution in [2.75, 3.05) is 52.2 Å². The first-order valence-electron chi connectivity index (χ1n) is 7.86. The molecule has 0 radical (unpaired) electrons. The van der Waals surface area contributed by atoms with E-state index < -0.39 is 10.0 Å². The number of carbonyl (C=O) groups is 1. The van der Waals surface area contributed by atoms with E-state index in [1.54, 1.807) is 24.5 Å². The number of nitrogens with one attached hydrogen (secondary N) is 1. The minimum absolute atomic E-state index is 0.151. The van der Waals surface area contributed by atoms with Crippen molar-refractivity contribution >= 4 is 15.9 Å². The molecule has 0 aliphatic carbocycles. The number of pyridine rings is 1. The standard InChI is InChI=1S/C15H24N4O4S/c1-24(21,22)19(12-14-2-4-16-5-3-14)13-15(20)17-6-7-18-8-10-23-11-9-18/h2-5H,6-13H2,1H3,(H,17,20). The molecule has 0 spiro atoms. The van der Waals surface area contributed by atoms with Gasteiger partial charge in [-0.2, -0.15) is 4.31 Å². The highest BCUT2D eigenvalue weighted by atomic mass is 32.2. The van der Waals surface area contributed by atoms with Crippen molar-refractivity contribution in [1.82, 2.24) is 19.5 Å². The van der Waals surface area contributed by atoms with E-state index in [0.717, 1.165) is 35.8 Å². The van der Waals surface area contributed by atoms with Gasteiger partial charge in [-0.05, 0) is 17.7 Å². The SMILES string of the molecule is CS(=O)(=O)N(CC(=O)NCCN1CCOCC1)Cc1ccncc1. The smallest absolute Gasteiger partial charge is 0.235 e. The fraction of sp³-hybridized carbons (Fsp3) is 0.600. The molecular weight excluding hydrogens is 332 g/mol. The number of morpholine rings is 1. The van der Waals surface area contributed by atoms with Gasteiger partial charge < -0.3 is 10.1 Å². The molecule has 1 aliphatic rings. The van der Waals surface area contributed by atoms with Crippen LogP contribution >= 0.6 is 0 Å². The summed E-state index contributed by atoms with van der Waals surface area (Å²) in [7, 11) is -3.48. The monoisotopic (exact) mass is 356 g/mol. The molecule has 2 rings (SSSR count). The molecule has 8 nitrogen and oxygen atoms in total. The predicted octanol–water partition coefficient (Wildman–Crippen LogP) is -0.708. The van der Waals surface area contributed by atoms with Crippen LogP contribution in [0.5, 0.6) is 0 Å². The predicted molar refractivity (Wildman–Crippen MR) is 89.8 cm³/mol. The lowest BCUT2D eigenvalue weighted by Crippen LogP contribution is -2.44. The van der Waals surface area contributed by atoms with Gasteiger partial charge in [0, 0.05) is 45.1 Å². The second-order valence-corrected chi connectivity index (χ2v) is 7.67. The molecule has 1 aliphatic heterocycles. The number of ether oxygens (including phenoxy) is 1. The zero-order chi connectivity index (χ0) is 17.4. The average molecular weight is 356 g/mol. The number of carbonyl (C=O) groups excluding carboxylic acids is 1. The third-order valence-electron chi connectivity index (χ3n) is 3.75. The summed E-state index contributed by atoms with van der Waals surface area (Å²) >= 11 is 0. The van der Waals surface area contributed by atoms with E-state index in [0.29, 0.717) is 19.8 Å². The van der Waals surface area contributed by atoms with Gasteiger partial charge in [0.05, 0.1) is 26.0 Å². The van der Waals surface area contributed by atoms with Crippen LogP contribution in [-0.4, -0.2) is 80.7 Å². The van der Waals surface area contributed by atoms with Crippen molar-refractivity contribution in [3.63, 3.8) is 0 Å². The Labute approximate surface area is 142 Å². The molecule has 1 saturated heterocycles. The normalized spacial score (nSPS) is 16.2. The van der Waals surface area contributed by atoms with Gasteiger partial charge in [0.25, 0.3) is 0 Å². The second-order valence-electron chi connectivity index (χ2n) is 5.69. The Hall–Kier alpha value is -1.55. The number of rotatable bonds is 8. The maximum Gasteiger partial charge on any atom is 0.235 e. The summed E-state index contributed by atoms with van der Waals surface area (Å²) in [6.45, 7) is 4.32. The van der Waals surface area contributed by atoms with E-state index in [2.05, 4.69) is 15.2 Å². The summed E-state index contributed by atoms with van der Waals surface area (Å²) < 4.78 is 30.2. The van der Waals surface area contributed by atoms with E-state index in [4.69, 9.17) is 4.74 Å². The van der Waals surface area contributed by atoms with Crippen LogP contribution in [0.4, 0.5) is 0 Å². The lowest BCUT2D eigenvalue weighted by Gasteiger charge is -2.26. The minimum Gasteiger partial charge on any atom is -0.379 e. The fourth-order valence-electron chi connectivity index (χ4n) is 2.38. The molecule has 2 heterocycles. The number of hydrogen-bond donors (Lipinski definition) is 1. The molecule has 9 heteroatoms. The second kappa shape index (κ2) is 9.07. The van der Waals surface area contributed by atoms with Crippen molar-refractivity contribution in [2.24, 2.45) is 0 Å². The Morgan fingerprint density at radius 1 is 1.33 bits per heavy atom. The molecule has 1 N–H and O–H groups in total. The third-order valence-corrected chi connectivity index (χ3v) is 4.95. The summed E-state index contributed by atoms with van der Waals surface area (Å²) in [5.74, 6) is -0.303. The Balaban J connectivity index is 1.81. The Bertz CT molecular complexity index is 618. The van der Waals surface area contributed by atoms with Crippen molar-refractivity contribution < 1.29 is 17.9 Å². The molecule has 134 valence electrons. The number of amides is 1. The van der Waals surface area contributed by atoms with Crippen LogP contribution in [0.3, 0.4) is 0 Å². The largest absolute Gasteiger partial charge is 0.379 e. The first kappa shape index (κ1) is 18.8. The number of nitrogens with zero attached hydrogens (tertiary/aromatic N) is 3. The molecule has 24 heavy (non-hydrogen) atoms. The topological polar surface area (TPSA) is 91.8 Å². The van der Waals surface area contributed by atoms with Gasteiger partial charge in [0.1, 0.15) is 0 Å². The van der Waals surface area contributed by atoms with Crippen LogP contribution in [0, 0.1) is 0 Å². The summed E-state index contributed by atoms with van der Waals surface area (Å²) in [6, 6.07) is 3.46. The van der Waals surface area contributed by atoms with Crippen LogP contribution in [0.1, 0.15) is 5.56 Å². The van der Waals surface area contributed by atoms with Gasteiger partial charge in [0.15, 0.2) is 0 Å². The van der Waals surface area contributed by atoms with E-state index in [-0.39, 0.29) is 19.0 Å². The van der Waals surface area contributed by atoms with E-state index in [1.807, 2.05) is 0 Å². The molecule has 1 amide bonds. The first-order valence-corrected chi connectivity index (χ1v) is 9.71. The molecule has 0 atom stereocenters. The molecule has 1 fully saturated rings. The Morgan fingerprint density at radius 2 is 2.00 bits per heavy atom. The quantitative estimate of drug-likeness (QED) is 0.662. The highest BCUT2D eigenvalue weighted by Gasteiger charge is 2.20. The van der Waals surface area contributed by atoms with Gasteiger partial charge in [-0.3, -0.25) is 14.7 Å². The van der Waals surface area contributed by atoms with Crippen molar-refractivity contribution in [3.05, 3.63) is 30.1 Å². The van der Waals surface area contributed by atoms with Gasteiger partial charge in [-0.1, -0.05) is 0 Å². The molecular formula is C15H24N4O4S. The molecule has 1 aromatic heterocycles. The molecule has 0 unspecified atom stereocenters. The summed E-state index contributed by atoms with van der Waals surface area (Å²) in [6.07, 6.45) is 4.30. The summed E-state index contributed by atoms with van der Waals surface area (Å²) in [4.78, 5) is 18.2. The van der Waals surface area contributed by atoms with Gasteiger partial charge in [-0.15, -0.1) is 0 Å². The van der Waals surface area contributed by atoms with Crippen LogP contribution < -0.4 is 5.32 Å². The molecule has 1 aromatic rings. The van der Waals surface area contributed by atoms with Crippen LogP contribution in [0.25, 0.3) is 0 Å². The summed E-state index contributed by atoms with van der Waals surface area (Å²) in [5, 5.41) is 2.78. The molecule has 0 saturated carbocycles.